The first-order chi connectivity index (χ1) is 6.54. The molecule has 0 spiro atoms. The molecule has 14 heavy (non-hydrogen) atoms. The van der Waals surface area contributed by atoms with Gasteiger partial charge < -0.3 is 5.73 Å². The van der Waals surface area contributed by atoms with Crippen LogP contribution >= 0.6 is 0 Å². The number of rotatable bonds is 1. The Morgan fingerprint density at radius 2 is 1.86 bits per heavy atom. The number of hydrogen-bond acceptors (Lipinski definition) is 2. The van der Waals surface area contributed by atoms with Crippen molar-refractivity contribution in [3.05, 3.63) is 17.0 Å². The zero-order valence-corrected chi connectivity index (χ0v) is 9.30. The van der Waals surface area contributed by atoms with Gasteiger partial charge in [-0.2, -0.15) is 5.10 Å². The Balaban J connectivity index is 2.49. The lowest BCUT2D eigenvalue weighted by Crippen LogP contribution is -2.36. The van der Waals surface area contributed by atoms with Crippen LogP contribution in [0.4, 0.5) is 0 Å². The van der Waals surface area contributed by atoms with E-state index in [4.69, 9.17) is 5.73 Å². The molecule has 1 aliphatic carbocycles. The Morgan fingerprint density at radius 1 is 1.29 bits per heavy atom. The maximum Gasteiger partial charge on any atom is 0.0626 e. The van der Waals surface area contributed by atoms with Crippen molar-refractivity contribution in [1.82, 2.24) is 9.78 Å². The van der Waals surface area contributed by atoms with Crippen LogP contribution in [-0.4, -0.2) is 9.78 Å². The highest BCUT2D eigenvalue weighted by molar-refractivity contribution is 5.30. The molecule has 1 aromatic rings. The molecule has 1 aliphatic rings. The molecule has 3 heteroatoms. The summed E-state index contributed by atoms with van der Waals surface area (Å²) in [4.78, 5) is 0. The maximum absolute atomic E-state index is 6.43. The van der Waals surface area contributed by atoms with Crippen molar-refractivity contribution in [3.63, 3.8) is 0 Å². The molecule has 0 radical (unpaired) electrons. The van der Waals surface area contributed by atoms with E-state index in [9.17, 15) is 0 Å². The van der Waals surface area contributed by atoms with Gasteiger partial charge in [0.15, 0.2) is 0 Å². The summed E-state index contributed by atoms with van der Waals surface area (Å²) >= 11 is 0. The fourth-order valence-electron chi connectivity index (χ4n) is 2.70. The van der Waals surface area contributed by atoms with Crippen LogP contribution in [0.2, 0.25) is 0 Å². The summed E-state index contributed by atoms with van der Waals surface area (Å²) in [5, 5.41) is 4.44. The minimum Gasteiger partial charge on any atom is -0.320 e. The van der Waals surface area contributed by atoms with E-state index < -0.39 is 0 Å². The number of aryl methyl sites for hydroxylation is 2. The Kier molecular flexibility index (Phi) is 2.14. The summed E-state index contributed by atoms with van der Waals surface area (Å²) in [5.41, 5.74) is 9.95. The lowest BCUT2D eigenvalue weighted by Gasteiger charge is -2.24. The molecular formula is C11H19N3. The van der Waals surface area contributed by atoms with Crippen molar-refractivity contribution in [2.24, 2.45) is 12.8 Å². The first-order valence-electron chi connectivity index (χ1n) is 5.34. The average Bonchev–Trinajstić information content (AvgIpc) is 2.60. The van der Waals surface area contributed by atoms with Crippen LogP contribution in [0, 0.1) is 13.8 Å². The molecule has 2 rings (SSSR count). The highest BCUT2D eigenvalue weighted by Gasteiger charge is 2.35. The summed E-state index contributed by atoms with van der Waals surface area (Å²) in [6, 6.07) is 0. The lowest BCUT2D eigenvalue weighted by atomic mass is 9.91. The fourth-order valence-corrected chi connectivity index (χ4v) is 2.70. The molecule has 2 N–H and O–H groups in total. The second kappa shape index (κ2) is 3.09. The predicted octanol–water partition coefficient (Wildman–Crippen LogP) is 1.76. The van der Waals surface area contributed by atoms with Crippen molar-refractivity contribution in [2.45, 2.75) is 45.1 Å². The zero-order valence-electron chi connectivity index (χ0n) is 9.30. The standard InChI is InChI=1S/C11H19N3/c1-8-9(2)13-14(3)10(8)11(12)6-4-5-7-11/h4-7,12H2,1-3H3. The Morgan fingerprint density at radius 3 is 2.29 bits per heavy atom. The average molecular weight is 193 g/mol. The summed E-state index contributed by atoms with van der Waals surface area (Å²) in [6.45, 7) is 4.18. The van der Waals surface area contributed by atoms with Gasteiger partial charge in [-0.1, -0.05) is 12.8 Å². The zero-order chi connectivity index (χ0) is 10.3. The predicted molar refractivity (Wildman–Crippen MR) is 57.0 cm³/mol. The van der Waals surface area contributed by atoms with E-state index in [1.807, 2.05) is 11.7 Å². The summed E-state index contributed by atoms with van der Waals surface area (Å²) in [5.74, 6) is 0. The normalized spacial score (nSPS) is 20.3. The van der Waals surface area contributed by atoms with Gasteiger partial charge in [-0.25, -0.2) is 0 Å². The third-order valence-electron chi connectivity index (χ3n) is 3.49. The smallest absolute Gasteiger partial charge is 0.0626 e. The van der Waals surface area contributed by atoms with E-state index in [0.29, 0.717) is 0 Å². The van der Waals surface area contributed by atoms with Crippen molar-refractivity contribution < 1.29 is 0 Å². The van der Waals surface area contributed by atoms with Crippen LogP contribution in [0.15, 0.2) is 0 Å². The maximum atomic E-state index is 6.43. The van der Waals surface area contributed by atoms with Gasteiger partial charge in [-0.15, -0.1) is 0 Å². The summed E-state index contributed by atoms with van der Waals surface area (Å²) in [6.07, 6.45) is 4.71. The Bertz CT molecular complexity index is 346. The molecule has 0 aliphatic heterocycles. The van der Waals surface area contributed by atoms with Gasteiger partial charge in [0.1, 0.15) is 0 Å². The highest BCUT2D eigenvalue weighted by atomic mass is 15.3. The third-order valence-corrected chi connectivity index (χ3v) is 3.49. The molecule has 0 bridgehead atoms. The van der Waals surface area contributed by atoms with E-state index in [2.05, 4.69) is 18.9 Å². The molecule has 0 unspecified atom stereocenters. The van der Waals surface area contributed by atoms with Gasteiger partial charge in [0.2, 0.25) is 0 Å². The van der Waals surface area contributed by atoms with Crippen LogP contribution < -0.4 is 5.73 Å². The van der Waals surface area contributed by atoms with Crippen LogP contribution in [-0.2, 0) is 12.6 Å². The highest BCUT2D eigenvalue weighted by Crippen LogP contribution is 2.37. The first-order valence-corrected chi connectivity index (χ1v) is 5.34. The van der Waals surface area contributed by atoms with Crippen LogP contribution in [0.3, 0.4) is 0 Å². The number of hydrogen-bond donors (Lipinski definition) is 1. The van der Waals surface area contributed by atoms with Gasteiger partial charge in [-0.3, -0.25) is 4.68 Å². The molecule has 1 aromatic heterocycles. The van der Waals surface area contributed by atoms with E-state index in [1.165, 1.54) is 24.1 Å². The Hall–Kier alpha value is -0.830. The van der Waals surface area contributed by atoms with Crippen molar-refractivity contribution in [2.75, 3.05) is 0 Å². The number of nitrogens with zero attached hydrogens (tertiary/aromatic N) is 2. The molecule has 3 nitrogen and oxygen atoms in total. The molecule has 0 aromatic carbocycles. The SMILES string of the molecule is Cc1nn(C)c(C2(N)CCCC2)c1C. The molecule has 0 saturated heterocycles. The molecular weight excluding hydrogens is 174 g/mol. The lowest BCUT2D eigenvalue weighted by molar-refractivity contribution is 0.421. The van der Waals surface area contributed by atoms with Gasteiger partial charge in [0.25, 0.3) is 0 Å². The summed E-state index contributed by atoms with van der Waals surface area (Å²) in [7, 11) is 2.00. The van der Waals surface area contributed by atoms with Gasteiger partial charge in [-0.05, 0) is 32.3 Å². The molecule has 1 heterocycles. The van der Waals surface area contributed by atoms with Gasteiger partial charge >= 0.3 is 0 Å². The molecule has 0 atom stereocenters. The van der Waals surface area contributed by atoms with Crippen LogP contribution in [0.25, 0.3) is 0 Å². The quantitative estimate of drug-likeness (QED) is 0.738. The minimum absolute atomic E-state index is 0.111. The molecule has 0 amide bonds. The Labute approximate surface area is 85.3 Å². The number of aromatic nitrogens is 2. The first kappa shape index (κ1) is 9.71. The van der Waals surface area contributed by atoms with Crippen molar-refractivity contribution in [1.29, 1.82) is 0 Å². The number of nitrogens with two attached hydrogens (primary N) is 1. The van der Waals surface area contributed by atoms with E-state index in [1.54, 1.807) is 0 Å². The largest absolute Gasteiger partial charge is 0.320 e. The van der Waals surface area contributed by atoms with Crippen molar-refractivity contribution in [3.8, 4) is 0 Å². The van der Waals surface area contributed by atoms with Crippen molar-refractivity contribution >= 4 is 0 Å². The van der Waals surface area contributed by atoms with E-state index >= 15 is 0 Å². The van der Waals surface area contributed by atoms with Gasteiger partial charge in [0.05, 0.1) is 16.9 Å². The van der Waals surface area contributed by atoms with E-state index in [-0.39, 0.29) is 5.54 Å². The molecule has 1 fully saturated rings. The van der Waals surface area contributed by atoms with Crippen LogP contribution in [0.5, 0.6) is 0 Å². The molecule has 1 saturated carbocycles. The van der Waals surface area contributed by atoms with Gasteiger partial charge in [0, 0.05) is 7.05 Å². The summed E-state index contributed by atoms with van der Waals surface area (Å²) < 4.78 is 1.97. The fraction of sp³-hybridized carbons (Fsp3) is 0.727. The second-order valence-electron chi connectivity index (χ2n) is 4.55. The monoisotopic (exact) mass is 193 g/mol. The molecule has 78 valence electrons. The third kappa shape index (κ3) is 1.27. The van der Waals surface area contributed by atoms with Crippen LogP contribution in [0.1, 0.15) is 42.6 Å². The topological polar surface area (TPSA) is 43.8 Å². The second-order valence-corrected chi connectivity index (χ2v) is 4.55. The van der Waals surface area contributed by atoms with E-state index in [0.717, 1.165) is 18.5 Å². The minimum atomic E-state index is -0.111.